The molecule has 3 fully saturated rings. The van der Waals surface area contributed by atoms with Gasteiger partial charge in [-0.3, -0.25) is 4.98 Å². The molecule has 3 atom stereocenters. The number of pyridine rings is 1. The van der Waals surface area contributed by atoms with E-state index in [1.165, 1.54) is 37.8 Å². The first-order chi connectivity index (χ1) is 9.88. The quantitative estimate of drug-likeness (QED) is 0.913. The van der Waals surface area contributed by atoms with Crippen LogP contribution < -0.4 is 10.2 Å². The molecule has 4 nitrogen and oxygen atoms in total. The molecule has 1 N–H and O–H groups in total. The summed E-state index contributed by atoms with van der Waals surface area (Å²) in [4.78, 5) is 6.56. The molecular formula is C16H23N3O. The van der Waals surface area contributed by atoms with Crippen LogP contribution in [0.1, 0.15) is 32.1 Å². The lowest BCUT2D eigenvalue weighted by Gasteiger charge is -2.36. The molecule has 4 heterocycles. The Bertz CT molecular complexity index is 444. The molecular weight excluding hydrogens is 250 g/mol. The standard InChI is InChI=1S/C16H23N3O/c1-2-16-15(11-14(1)20-16)18-12-5-9-19(10-6-12)13-3-7-17-8-4-13/h3-4,7-8,12,14-16,18H,1-2,5-6,9-11H2. The third-order valence-corrected chi connectivity index (χ3v) is 5.08. The minimum Gasteiger partial charge on any atom is -0.373 e. The number of aromatic nitrogens is 1. The van der Waals surface area contributed by atoms with Gasteiger partial charge in [-0.1, -0.05) is 0 Å². The van der Waals surface area contributed by atoms with Crippen molar-refractivity contribution >= 4 is 5.69 Å². The smallest absolute Gasteiger partial charge is 0.0733 e. The van der Waals surface area contributed by atoms with Crippen molar-refractivity contribution in [2.45, 2.75) is 56.4 Å². The number of rotatable bonds is 3. The van der Waals surface area contributed by atoms with Gasteiger partial charge in [-0.15, -0.1) is 0 Å². The van der Waals surface area contributed by atoms with Gasteiger partial charge >= 0.3 is 0 Å². The Labute approximate surface area is 120 Å². The van der Waals surface area contributed by atoms with Crippen LogP contribution in [0.25, 0.3) is 0 Å². The molecule has 2 bridgehead atoms. The molecule has 3 aliphatic rings. The van der Waals surface area contributed by atoms with Gasteiger partial charge in [-0.25, -0.2) is 0 Å². The zero-order chi connectivity index (χ0) is 13.4. The van der Waals surface area contributed by atoms with Crippen LogP contribution in [0.2, 0.25) is 0 Å². The lowest BCUT2D eigenvalue weighted by molar-refractivity contribution is 0.0954. The highest BCUT2D eigenvalue weighted by Gasteiger charge is 2.41. The summed E-state index contributed by atoms with van der Waals surface area (Å²) in [6.07, 6.45) is 11.1. The Morgan fingerprint density at radius 1 is 1.10 bits per heavy atom. The lowest BCUT2D eigenvalue weighted by atomic mass is 9.93. The van der Waals surface area contributed by atoms with Crippen LogP contribution in [0.5, 0.6) is 0 Å². The van der Waals surface area contributed by atoms with Crippen molar-refractivity contribution < 1.29 is 4.74 Å². The molecule has 0 aliphatic carbocycles. The monoisotopic (exact) mass is 273 g/mol. The van der Waals surface area contributed by atoms with Gasteiger partial charge in [0, 0.05) is 43.3 Å². The summed E-state index contributed by atoms with van der Waals surface area (Å²) in [5, 5.41) is 3.86. The van der Waals surface area contributed by atoms with E-state index in [2.05, 4.69) is 27.3 Å². The van der Waals surface area contributed by atoms with Crippen LogP contribution in [-0.4, -0.2) is 42.4 Å². The number of anilines is 1. The number of piperidine rings is 1. The van der Waals surface area contributed by atoms with Gasteiger partial charge < -0.3 is 15.0 Å². The molecule has 3 aliphatic heterocycles. The molecule has 4 rings (SSSR count). The number of fused-ring (bicyclic) bond motifs is 2. The zero-order valence-electron chi connectivity index (χ0n) is 11.9. The van der Waals surface area contributed by atoms with E-state index in [-0.39, 0.29) is 0 Å². The Balaban J connectivity index is 1.29. The number of nitrogens with zero attached hydrogens (tertiary/aromatic N) is 2. The zero-order valence-corrected chi connectivity index (χ0v) is 11.9. The van der Waals surface area contributed by atoms with E-state index < -0.39 is 0 Å². The van der Waals surface area contributed by atoms with E-state index in [1.807, 2.05) is 12.4 Å². The minimum atomic E-state index is 0.498. The molecule has 4 heteroatoms. The first kappa shape index (κ1) is 12.6. The second kappa shape index (κ2) is 5.34. The molecule has 1 aromatic rings. The van der Waals surface area contributed by atoms with Crippen molar-refractivity contribution in [1.29, 1.82) is 0 Å². The molecule has 108 valence electrons. The van der Waals surface area contributed by atoms with E-state index in [0.29, 0.717) is 24.3 Å². The fourth-order valence-electron chi connectivity index (χ4n) is 3.98. The summed E-state index contributed by atoms with van der Waals surface area (Å²) < 4.78 is 5.94. The topological polar surface area (TPSA) is 37.4 Å². The van der Waals surface area contributed by atoms with Gasteiger partial charge in [0.25, 0.3) is 0 Å². The molecule has 0 aromatic carbocycles. The van der Waals surface area contributed by atoms with Crippen molar-refractivity contribution in [3.63, 3.8) is 0 Å². The van der Waals surface area contributed by atoms with Crippen LogP contribution in [0, 0.1) is 0 Å². The van der Waals surface area contributed by atoms with Crippen LogP contribution in [0.3, 0.4) is 0 Å². The summed E-state index contributed by atoms with van der Waals surface area (Å²) in [6, 6.07) is 5.50. The van der Waals surface area contributed by atoms with Gasteiger partial charge in [-0.2, -0.15) is 0 Å². The van der Waals surface area contributed by atoms with E-state index in [0.717, 1.165) is 13.1 Å². The summed E-state index contributed by atoms with van der Waals surface area (Å²) in [5.41, 5.74) is 1.31. The van der Waals surface area contributed by atoms with E-state index in [9.17, 15) is 0 Å². The Morgan fingerprint density at radius 3 is 2.55 bits per heavy atom. The Kier molecular flexibility index (Phi) is 3.36. The molecule has 20 heavy (non-hydrogen) atoms. The average molecular weight is 273 g/mol. The van der Waals surface area contributed by atoms with E-state index in [1.54, 1.807) is 0 Å². The van der Waals surface area contributed by atoms with Gasteiger partial charge in [0.1, 0.15) is 0 Å². The van der Waals surface area contributed by atoms with Crippen molar-refractivity contribution in [2.24, 2.45) is 0 Å². The summed E-state index contributed by atoms with van der Waals surface area (Å²) in [7, 11) is 0. The maximum Gasteiger partial charge on any atom is 0.0733 e. The maximum absolute atomic E-state index is 5.94. The van der Waals surface area contributed by atoms with Gasteiger partial charge in [0.05, 0.1) is 12.2 Å². The highest BCUT2D eigenvalue weighted by Crippen LogP contribution is 2.35. The van der Waals surface area contributed by atoms with E-state index in [4.69, 9.17) is 4.74 Å². The number of nitrogens with one attached hydrogen (secondary N) is 1. The summed E-state index contributed by atoms with van der Waals surface area (Å²) in [5.74, 6) is 0. The second-order valence-electron chi connectivity index (χ2n) is 6.35. The number of hydrogen-bond acceptors (Lipinski definition) is 4. The second-order valence-corrected chi connectivity index (χ2v) is 6.35. The fourth-order valence-corrected chi connectivity index (χ4v) is 3.98. The van der Waals surface area contributed by atoms with Crippen LogP contribution in [-0.2, 0) is 4.74 Å². The first-order valence-electron chi connectivity index (χ1n) is 7.95. The molecule has 3 saturated heterocycles. The highest BCUT2D eigenvalue weighted by atomic mass is 16.5. The van der Waals surface area contributed by atoms with Crippen LogP contribution >= 0.6 is 0 Å². The van der Waals surface area contributed by atoms with Gasteiger partial charge in [-0.05, 0) is 44.2 Å². The maximum atomic E-state index is 5.94. The first-order valence-corrected chi connectivity index (χ1v) is 7.95. The molecule has 1 aromatic heterocycles. The third kappa shape index (κ3) is 2.42. The third-order valence-electron chi connectivity index (χ3n) is 5.08. The predicted octanol–water partition coefficient (Wildman–Crippen LogP) is 1.96. The SMILES string of the molecule is c1cc(N2CCC(NC3CC4CCC3O4)CC2)ccn1. The summed E-state index contributed by atoms with van der Waals surface area (Å²) in [6.45, 7) is 2.28. The normalized spacial score (nSPS) is 33.8. The average Bonchev–Trinajstić information content (AvgIpc) is 3.12. The predicted molar refractivity (Wildman–Crippen MR) is 78.9 cm³/mol. The van der Waals surface area contributed by atoms with Crippen molar-refractivity contribution in [2.75, 3.05) is 18.0 Å². The van der Waals surface area contributed by atoms with E-state index >= 15 is 0 Å². The number of hydrogen-bond donors (Lipinski definition) is 1. The van der Waals surface area contributed by atoms with Crippen LogP contribution in [0.15, 0.2) is 24.5 Å². The molecule has 0 spiro atoms. The van der Waals surface area contributed by atoms with Gasteiger partial charge in [0.15, 0.2) is 0 Å². The fraction of sp³-hybridized carbons (Fsp3) is 0.688. The largest absolute Gasteiger partial charge is 0.373 e. The lowest BCUT2D eigenvalue weighted by Crippen LogP contribution is -2.49. The minimum absolute atomic E-state index is 0.498. The number of ether oxygens (including phenoxy) is 1. The Hall–Kier alpha value is -1.13. The van der Waals surface area contributed by atoms with Crippen LogP contribution in [0.4, 0.5) is 5.69 Å². The summed E-state index contributed by atoms with van der Waals surface area (Å²) >= 11 is 0. The Morgan fingerprint density at radius 2 is 1.90 bits per heavy atom. The molecule has 0 saturated carbocycles. The van der Waals surface area contributed by atoms with Crippen molar-refractivity contribution in [3.8, 4) is 0 Å². The molecule has 0 radical (unpaired) electrons. The molecule has 0 amide bonds. The molecule has 3 unspecified atom stereocenters. The van der Waals surface area contributed by atoms with Crippen molar-refractivity contribution in [3.05, 3.63) is 24.5 Å². The van der Waals surface area contributed by atoms with Crippen molar-refractivity contribution in [1.82, 2.24) is 10.3 Å². The van der Waals surface area contributed by atoms with Gasteiger partial charge in [0.2, 0.25) is 0 Å². The highest BCUT2D eigenvalue weighted by molar-refractivity contribution is 5.44.